The van der Waals surface area contributed by atoms with Gasteiger partial charge in [0.05, 0.1) is 22.9 Å². The van der Waals surface area contributed by atoms with Crippen molar-refractivity contribution in [3.05, 3.63) is 64.2 Å². The second kappa shape index (κ2) is 6.39. The molecule has 0 aliphatic carbocycles. The minimum Gasteiger partial charge on any atom is -0.478 e. The van der Waals surface area contributed by atoms with Crippen molar-refractivity contribution in [1.29, 1.82) is 0 Å². The molecule has 0 aromatic heterocycles. The Bertz CT molecular complexity index is 683. The molecule has 0 bridgehead atoms. The van der Waals surface area contributed by atoms with Crippen LogP contribution in [0, 0.1) is 0 Å². The molecule has 0 aliphatic rings. The number of aliphatic hydroxyl groups excluding tert-OH is 1. The van der Waals surface area contributed by atoms with E-state index in [0.29, 0.717) is 11.1 Å². The summed E-state index contributed by atoms with van der Waals surface area (Å²) in [5, 5.41) is 20.7. The highest BCUT2D eigenvalue weighted by molar-refractivity contribution is 6.34. The van der Waals surface area contributed by atoms with Crippen LogP contribution in [0.2, 0.25) is 5.02 Å². The van der Waals surface area contributed by atoms with Gasteiger partial charge in [-0.15, -0.1) is 0 Å². The fourth-order valence-corrected chi connectivity index (χ4v) is 1.87. The van der Waals surface area contributed by atoms with Gasteiger partial charge in [-0.1, -0.05) is 23.7 Å². The van der Waals surface area contributed by atoms with E-state index in [1.807, 2.05) is 0 Å². The molecule has 0 heterocycles. The van der Waals surface area contributed by atoms with Gasteiger partial charge < -0.3 is 15.5 Å². The van der Waals surface area contributed by atoms with Crippen molar-refractivity contribution < 1.29 is 19.8 Å². The lowest BCUT2D eigenvalue weighted by Gasteiger charge is -2.08. The molecule has 0 spiro atoms. The quantitative estimate of drug-likeness (QED) is 0.810. The number of carboxylic acids is 1. The topological polar surface area (TPSA) is 86.6 Å². The third kappa shape index (κ3) is 3.59. The number of hydrogen-bond donors (Lipinski definition) is 3. The fraction of sp³-hybridized carbons (Fsp3) is 0.0667. The summed E-state index contributed by atoms with van der Waals surface area (Å²) in [5.74, 6) is -1.52. The minimum atomic E-state index is -1.10. The first kappa shape index (κ1) is 15.0. The first-order valence-corrected chi connectivity index (χ1v) is 6.43. The van der Waals surface area contributed by atoms with Crippen LogP contribution in [-0.2, 0) is 6.61 Å². The van der Waals surface area contributed by atoms with Gasteiger partial charge in [0.15, 0.2) is 0 Å². The Labute approximate surface area is 125 Å². The second-order valence-corrected chi connectivity index (χ2v) is 4.72. The number of amides is 1. The molecule has 3 N–H and O–H groups in total. The SMILES string of the molecule is O=C(O)c1ccc(Cl)c(NC(=O)c2ccc(CO)cc2)c1. The Morgan fingerprint density at radius 1 is 1.05 bits per heavy atom. The van der Waals surface area contributed by atoms with Gasteiger partial charge in [-0.05, 0) is 35.9 Å². The van der Waals surface area contributed by atoms with Crippen LogP contribution in [0.1, 0.15) is 26.3 Å². The molecular weight excluding hydrogens is 294 g/mol. The van der Waals surface area contributed by atoms with Crippen LogP contribution in [0.15, 0.2) is 42.5 Å². The average Bonchev–Trinajstić information content (AvgIpc) is 2.49. The normalized spacial score (nSPS) is 10.2. The number of carbonyl (C=O) groups excluding carboxylic acids is 1. The molecule has 108 valence electrons. The van der Waals surface area contributed by atoms with Crippen LogP contribution in [0.25, 0.3) is 0 Å². The lowest BCUT2D eigenvalue weighted by Crippen LogP contribution is -2.13. The zero-order valence-corrected chi connectivity index (χ0v) is 11.6. The predicted octanol–water partition coefficient (Wildman–Crippen LogP) is 2.78. The standard InChI is InChI=1S/C15H12ClNO4/c16-12-6-5-11(15(20)21)7-13(12)17-14(19)10-3-1-9(8-18)2-4-10/h1-7,18H,8H2,(H,17,19)(H,20,21). The van der Waals surface area contributed by atoms with E-state index >= 15 is 0 Å². The van der Waals surface area contributed by atoms with Crippen molar-refractivity contribution in [1.82, 2.24) is 0 Å². The molecule has 21 heavy (non-hydrogen) atoms. The van der Waals surface area contributed by atoms with Crippen LogP contribution >= 0.6 is 11.6 Å². The summed E-state index contributed by atoms with van der Waals surface area (Å²) in [5.41, 5.74) is 1.33. The van der Waals surface area contributed by atoms with E-state index in [-0.39, 0.29) is 22.9 Å². The van der Waals surface area contributed by atoms with E-state index in [0.717, 1.165) is 0 Å². The molecule has 2 aromatic carbocycles. The van der Waals surface area contributed by atoms with E-state index in [1.54, 1.807) is 24.3 Å². The summed E-state index contributed by atoms with van der Waals surface area (Å²) in [6.45, 7) is -0.103. The van der Waals surface area contributed by atoms with Crippen LogP contribution < -0.4 is 5.32 Å². The number of benzene rings is 2. The second-order valence-electron chi connectivity index (χ2n) is 4.31. The fourth-order valence-electron chi connectivity index (χ4n) is 1.71. The van der Waals surface area contributed by atoms with Crippen molar-refractivity contribution in [2.24, 2.45) is 0 Å². The summed E-state index contributed by atoms with van der Waals surface area (Å²) in [6, 6.07) is 10.5. The molecule has 0 saturated heterocycles. The number of halogens is 1. The van der Waals surface area contributed by atoms with Crippen LogP contribution in [0.3, 0.4) is 0 Å². The van der Waals surface area contributed by atoms with Gasteiger partial charge in [0.25, 0.3) is 5.91 Å². The van der Waals surface area contributed by atoms with E-state index in [1.165, 1.54) is 18.2 Å². The van der Waals surface area contributed by atoms with E-state index in [4.69, 9.17) is 21.8 Å². The van der Waals surface area contributed by atoms with Gasteiger partial charge in [0, 0.05) is 5.56 Å². The molecule has 0 atom stereocenters. The Balaban J connectivity index is 2.22. The molecule has 2 rings (SSSR count). The minimum absolute atomic E-state index is 0.0327. The molecule has 2 aromatic rings. The molecule has 0 radical (unpaired) electrons. The summed E-state index contributed by atoms with van der Waals surface area (Å²) in [7, 11) is 0. The van der Waals surface area contributed by atoms with E-state index in [9.17, 15) is 9.59 Å². The highest BCUT2D eigenvalue weighted by atomic mass is 35.5. The van der Waals surface area contributed by atoms with Crippen molar-refractivity contribution in [2.45, 2.75) is 6.61 Å². The monoisotopic (exact) mass is 305 g/mol. The lowest BCUT2D eigenvalue weighted by molar-refractivity contribution is 0.0696. The molecule has 5 nitrogen and oxygen atoms in total. The van der Waals surface area contributed by atoms with Crippen LogP contribution in [-0.4, -0.2) is 22.1 Å². The van der Waals surface area contributed by atoms with Gasteiger partial charge in [0.1, 0.15) is 0 Å². The van der Waals surface area contributed by atoms with Gasteiger partial charge in [-0.25, -0.2) is 4.79 Å². The molecule has 0 fully saturated rings. The molecule has 6 heteroatoms. The molecule has 1 amide bonds. The number of hydrogen-bond acceptors (Lipinski definition) is 3. The number of anilines is 1. The maximum Gasteiger partial charge on any atom is 0.335 e. The number of aliphatic hydroxyl groups is 1. The van der Waals surface area contributed by atoms with Gasteiger partial charge in [-0.3, -0.25) is 4.79 Å². The zero-order chi connectivity index (χ0) is 15.4. The Morgan fingerprint density at radius 2 is 1.67 bits per heavy atom. The highest BCUT2D eigenvalue weighted by Gasteiger charge is 2.11. The molecule has 0 aliphatic heterocycles. The van der Waals surface area contributed by atoms with Gasteiger partial charge in [0.2, 0.25) is 0 Å². The highest BCUT2D eigenvalue weighted by Crippen LogP contribution is 2.23. The van der Waals surface area contributed by atoms with E-state index in [2.05, 4.69) is 5.32 Å². The summed E-state index contributed by atoms with van der Waals surface area (Å²) < 4.78 is 0. The Kier molecular flexibility index (Phi) is 4.57. The molecule has 0 unspecified atom stereocenters. The van der Waals surface area contributed by atoms with Gasteiger partial charge >= 0.3 is 5.97 Å². The molecule has 0 saturated carbocycles. The first-order valence-electron chi connectivity index (χ1n) is 6.05. The van der Waals surface area contributed by atoms with Crippen molar-refractivity contribution in [2.75, 3.05) is 5.32 Å². The number of rotatable bonds is 4. The van der Waals surface area contributed by atoms with Crippen molar-refractivity contribution in [3.63, 3.8) is 0 Å². The lowest BCUT2D eigenvalue weighted by atomic mass is 10.1. The number of aromatic carboxylic acids is 1. The number of carbonyl (C=O) groups is 2. The summed E-state index contributed by atoms with van der Waals surface area (Å²) >= 11 is 5.94. The maximum absolute atomic E-state index is 12.1. The number of carboxylic acid groups (broad SMARTS) is 1. The third-order valence-electron chi connectivity index (χ3n) is 2.86. The average molecular weight is 306 g/mol. The Hall–Kier alpha value is -2.37. The van der Waals surface area contributed by atoms with E-state index < -0.39 is 11.9 Å². The largest absolute Gasteiger partial charge is 0.478 e. The smallest absolute Gasteiger partial charge is 0.335 e. The Morgan fingerprint density at radius 3 is 2.24 bits per heavy atom. The summed E-state index contributed by atoms with van der Waals surface area (Å²) in [4.78, 5) is 23.0. The van der Waals surface area contributed by atoms with Crippen LogP contribution in [0.5, 0.6) is 0 Å². The third-order valence-corrected chi connectivity index (χ3v) is 3.19. The van der Waals surface area contributed by atoms with Crippen molar-refractivity contribution >= 4 is 29.2 Å². The predicted molar refractivity (Wildman–Crippen MR) is 78.7 cm³/mol. The summed E-state index contributed by atoms with van der Waals surface area (Å²) in [6.07, 6.45) is 0. The first-order chi connectivity index (χ1) is 10.0. The zero-order valence-electron chi connectivity index (χ0n) is 10.8. The number of nitrogens with one attached hydrogen (secondary N) is 1. The maximum atomic E-state index is 12.1. The van der Waals surface area contributed by atoms with Crippen molar-refractivity contribution in [3.8, 4) is 0 Å². The molecular formula is C15H12ClNO4. The van der Waals surface area contributed by atoms with Gasteiger partial charge in [-0.2, -0.15) is 0 Å². The van der Waals surface area contributed by atoms with Crippen LogP contribution in [0.4, 0.5) is 5.69 Å².